The summed E-state index contributed by atoms with van der Waals surface area (Å²) in [5.74, 6) is -0.739. The third-order valence-corrected chi connectivity index (χ3v) is 1.22. The fraction of sp³-hybridized carbons (Fsp3) is 0.667. The van der Waals surface area contributed by atoms with E-state index in [9.17, 15) is 9.59 Å². The number of halogens is 1. The summed E-state index contributed by atoms with van der Waals surface area (Å²) in [5, 5.41) is 0.160. The van der Waals surface area contributed by atoms with Crippen LogP contribution in [0.4, 0.5) is 0 Å². The molecule has 0 rings (SSSR count). The summed E-state index contributed by atoms with van der Waals surface area (Å²) in [6, 6.07) is 0. The van der Waals surface area contributed by atoms with Crippen LogP contribution in [0.25, 0.3) is 0 Å². The minimum absolute atomic E-state index is 0.115. The molecule has 0 fully saturated rings. The minimum atomic E-state index is -0.375. The first-order valence-electron chi connectivity index (χ1n) is 3.01. The van der Waals surface area contributed by atoms with E-state index in [1.54, 1.807) is 0 Å². The number of carbonyl (C=O) groups excluding carboxylic acids is 2. The van der Waals surface area contributed by atoms with E-state index < -0.39 is 0 Å². The van der Waals surface area contributed by atoms with Crippen molar-refractivity contribution in [2.75, 3.05) is 18.5 Å². The van der Waals surface area contributed by atoms with E-state index in [-0.39, 0.29) is 30.5 Å². The van der Waals surface area contributed by atoms with E-state index in [1.165, 1.54) is 6.92 Å². The van der Waals surface area contributed by atoms with Crippen molar-refractivity contribution in [3.8, 4) is 0 Å². The monoisotopic (exact) mass is 224 g/mol. The van der Waals surface area contributed by atoms with Gasteiger partial charge in [-0.2, -0.15) is 0 Å². The first-order valence-corrected chi connectivity index (χ1v) is 4.14. The van der Waals surface area contributed by atoms with Gasteiger partial charge < -0.3 is 9.47 Å². The Morgan fingerprint density at radius 2 is 1.82 bits per heavy atom. The molecular weight excluding hydrogens is 216 g/mol. The van der Waals surface area contributed by atoms with E-state index in [0.717, 1.165) is 0 Å². The molecule has 0 bridgehead atoms. The molecule has 0 saturated heterocycles. The van der Waals surface area contributed by atoms with Gasteiger partial charge in [-0.3, -0.25) is 9.59 Å². The van der Waals surface area contributed by atoms with Crippen LogP contribution >= 0.6 is 15.9 Å². The molecule has 0 radical (unpaired) electrons. The van der Waals surface area contributed by atoms with Crippen molar-refractivity contribution in [2.24, 2.45) is 0 Å². The second-order valence-corrected chi connectivity index (χ2v) is 2.25. The first-order chi connectivity index (χ1) is 5.16. The van der Waals surface area contributed by atoms with Crippen molar-refractivity contribution in [2.45, 2.75) is 6.92 Å². The Kier molecular flexibility index (Phi) is 5.83. The standard InChI is InChI=1S/C6H9BrO4/c1-5(8)10-2-3-11-6(9)4-7/h2-4H2,1H3. The van der Waals surface area contributed by atoms with Gasteiger partial charge in [0.05, 0.1) is 0 Å². The quantitative estimate of drug-likeness (QED) is 0.397. The molecule has 0 aliphatic heterocycles. The fourth-order valence-electron chi connectivity index (χ4n) is 0.379. The second kappa shape index (κ2) is 6.15. The molecule has 0 aromatic heterocycles. The summed E-state index contributed by atoms with van der Waals surface area (Å²) >= 11 is 2.91. The lowest BCUT2D eigenvalue weighted by Crippen LogP contribution is -2.12. The van der Waals surface area contributed by atoms with Crippen molar-refractivity contribution < 1.29 is 19.1 Å². The molecule has 0 spiro atoms. The molecular formula is C6H9BrO4. The van der Waals surface area contributed by atoms with Gasteiger partial charge in [0.15, 0.2) is 0 Å². The Hall–Kier alpha value is -0.580. The lowest BCUT2D eigenvalue weighted by atomic mass is 10.7. The van der Waals surface area contributed by atoms with E-state index in [0.29, 0.717) is 0 Å². The van der Waals surface area contributed by atoms with Crippen molar-refractivity contribution in [3.05, 3.63) is 0 Å². The number of hydrogen-bond acceptors (Lipinski definition) is 4. The average Bonchev–Trinajstić information content (AvgIpc) is 1.97. The van der Waals surface area contributed by atoms with Crippen molar-refractivity contribution >= 4 is 27.9 Å². The summed E-state index contributed by atoms with van der Waals surface area (Å²) in [7, 11) is 0. The van der Waals surface area contributed by atoms with Crippen molar-refractivity contribution in [1.29, 1.82) is 0 Å². The summed E-state index contributed by atoms with van der Waals surface area (Å²) in [6.07, 6.45) is 0. The SMILES string of the molecule is CC(=O)OCCOC(=O)CBr. The number of hydrogen-bond donors (Lipinski definition) is 0. The molecule has 0 heterocycles. The normalized spacial score (nSPS) is 8.91. The van der Waals surface area contributed by atoms with Gasteiger partial charge in [0.1, 0.15) is 18.5 Å². The van der Waals surface area contributed by atoms with Crippen molar-refractivity contribution in [3.63, 3.8) is 0 Å². The highest BCUT2D eigenvalue weighted by atomic mass is 79.9. The largest absolute Gasteiger partial charge is 0.462 e. The molecule has 0 unspecified atom stereocenters. The lowest BCUT2D eigenvalue weighted by molar-refractivity contribution is -0.149. The zero-order valence-corrected chi connectivity index (χ0v) is 7.72. The molecule has 0 amide bonds. The topological polar surface area (TPSA) is 52.6 Å². The minimum Gasteiger partial charge on any atom is -0.462 e. The van der Waals surface area contributed by atoms with Gasteiger partial charge in [-0.25, -0.2) is 0 Å². The molecule has 0 aliphatic carbocycles. The van der Waals surface area contributed by atoms with Gasteiger partial charge in [-0.05, 0) is 0 Å². The molecule has 0 aliphatic rings. The smallest absolute Gasteiger partial charge is 0.316 e. The Labute approximate surface area is 73.0 Å². The number of alkyl halides is 1. The Morgan fingerprint density at radius 1 is 1.27 bits per heavy atom. The average molecular weight is 225 g/mol. The number of esters is 2. The van der Waals surface area contributed by atoms with Gasteiger partial charge >= 0.3 is 11.9 Å². The summed E-state index contributed by atoms with van der Waals surface area (Å²) < 4.78 is 9.08. The highest BCUT2D eigenvalue weighted by molar-refractivity contribution is 9.09. The Bertz CT molecular complexity index is 146. The Balaban J connectivity index is 3.14. The molecule has 0 aromatic carbocycles. The third-order valence-electron chi connectivity index (χ3n) is 0.761. The van der Waals surface area contributed by atoms with Gasteiger partial charge in [0, 0.05) is 6.92 Å². The zero-order valence-electron chi connectivity index (χ0n) is 6.13. The highest BCUT2D eigenvalue weighted by Gasteiger charge is 1.98. The Morgan fingerprint density at radius 3 is 2.27 bits per heavy atom. The van der Waals surface area contributed by atoms with Gasteiger partial charge in [-0.1, -0.05) is 15.9 Å². The zero-order chi connectivity index (χ0) is 8.69. The fourth-order valence-corrected chi connectivity index (χ4v) is 0.541. The molecule has 4 nitrogen and oxygen atoms in total. The highest BCUT2D eigenvalue weighted by Crippen LogP contribution is 1.85. The molecule has 0 atom stereocenters. The van der Waals surface area contributed by atoms with Crippen LogP contribution in [0.15, 0.2) is 0 Å². The molecule has 0 N–H and O–H groups in total. The number of carbonyl (C=O) groups is 2. The number of rotatable bonds is 4. The van der Waals surface area contributed by atoms with E-state index in [2.05, 4.69) is 25.4 Å². The first kappa shape index (κ1) is 10.4. The maximum atomic E-state index is 10.4. The van der Waals surface area contributed by atoms with Crippen LogP contribution < -0.4 is 0 Å². The van der Waals surface area contributed by atoms with Gasteiger partial charge in [-0.15, -0.1) is 0 Å². The van der Waals surface area contributed by atoms with Gasteiger partial charge in [0.25, 0.3) is 0 Å². The molecule has 0 aromatic rings. The van der Waals surface area contributed by atoms with E-state index in [1.807, 2.05) is 0 Å². The third kappa shape index (κ3) is 7.32. The van der Waals surface area contributed by atoms with Crippen LogP contribution in [0, 0.1) is 0 Å². The van der Waals surface area contributed by atoms with Crippen LogP contribution in [0.5, 0.6) is 0 Å². The maximum Gasteiger partial charge on any atom is 0.316 e. The van der Waals surface area contributed by atoms with Crippen LogP contribution in [0.2, 0.25) is 0 Å². The number of ether oxygens (including phenoxy) is 2. The van der Waals surface area contributed by atoms with Crippen LogP contribution in [0.1, 0.15) is 6.92 Å². The summed E-state index contributed by atoms with van der Waals surface area (Å²) in [5.41, 5.74) is 0. The lowest BCUT2D eigenvalue weighted by Gasteiger charge is -2.01. The molecule has 5 heteroatoms. The molecule has 11 heavy (non-hydrogen) atoms. The molecule has 64 valence electrons. The van der Waals surface area contributed by atoms with E-state index in [4.69, 9.17) is 0 Å². The van der Waals surface area contributed by atoms with Crippen molar-refractivity contribution in [1.82, 2.24) is 0 Å². The van der Waals surface area contributed by atoms with Crippen LogP contribution in [-0.2, 0) is 19.1 Å². The predicted molar refractivity (Wildman–Crippen MR) is 41.4 cm³/mol. The van der Waals surface area contributed by atoms with Crippen LogP contribution in [0.3, 0.4) is 0 Å². The maximum absolute atomic E-state index is 10.4. The summed E-state index contributed by atoms with van der Waals surface area (Å²) in [6.45, 7) is 1.53. The summed E-state index contributed by atoms with van der Waals surface area (Å²) in [4.78, 5) is 20.6. The molecule has 0 saturated carbocycles. The predicted octanol–water partition coefficient (Wildman–Crippen LogP) is 0.488. The van der Waals surface area contributed by atoms with Crippen LogP contribution in [-0.4, -0.2) is 30.5 Å². The van der Waals surface area contributed by atoms with E-state index >= 15 is 0 Å². The van der Waals surface area contributed by atoms with Gasteiger partial charge in [0.2, 0.25) is 0 Å². The second-order valence-electron chi connectivity index (χ2n) is 1.69.